The molecule has 2 rings (SSSR count). The molecule has 0 aromatic carbocycles. The van der Waals surface area contributed by atoms with Crippen molar-refractivity contribution < 1.29 is 0 Å². The predicted molar refractivity (Wildman–Crippen MR) is 79.9 cm³/mol. The number of thiophene rings is 1. The molecule has 0 radical (unpaired) electrons. The Morgan fingerprint density at radius 2 is 2.11 bits per heavy atom. The zero-order valence-corrected chi connectivity index (χ0v) is 12.3. The molecule has 2 aromatic heterocycles. The number of hydrogen-bond donors (Lipinski definition) is 0. The van der Waals surface area contributed by atoms with Gasteiger partial charge in [-0.1, -0.05) is 13.8 Å². The smallest absolute Gasteiger partial charge is 0.141 e. The normalized spacial score (nSPS) is 11.3. The van der Waals surface area contributed by atoms with E-state index in [0.29, 0.717) is 11.9 Å². The summed E-state index contributed by atoms with van der Waals surface area (Å²) in [4.78, 5) is 12.2. The molecule has 2 aromatic rings. The van der Waals surface area contributed by atoms with Crippen molar-refractivity contribution in [3.05, 3.63) is 17.8 Å². The van der Waals surface area contributed by atoms with Crippen LogP contribution in [0.25, 0.3) is 10.2 Å². The van der Waals surface area contributed by atoms with E-state index >= 15 is 0 Å². The third kappa shape index (κ3) is 2.59. The second-order valence-electron chi connectivity index (χ2n) is 4.19. The summed E-state index contributed by atoms with van der Waals surface area (Å²) in [6.07, 6.45) is 3.85. The van der Waals surface area contributed by atoms with E-state index in [1.165, 1.54) is 0 Å². The van der Waals surface area contributed by atoms with Crippen molar-refractivity contribution in [2.45, 2.75) is 32.7 Å². The molecule has 98 valence electrons. The average molecular weight is 284 g/mol. The van der Waals surface area contributed by atoms with Crippen molar-refractivity contribution in [2.75, 3.05) is 17.3 Å². The van der Waals surface area contributed by atoms with Crippen molar-refractivity contribution in [1.82, 2.24) is 9.97 Å². The van der Waals surface area contributed by atoms with Crippen LogP contribution in [0.4, 0.5) is 5.82 Å². The number of anilines is 1. The number of hydrogen-bond acceptors (Lipinski definition) is 4. The van der Waals surface area contributed by atoms with Crippen molar-refractivity contribution in [1.29, 1.82) is 0 Å². The summed E-state index contributed by atoms with van der Waals surface area (Å²) < 4.78 is 0. The molecule has 2 heterocycles. The van der Waals surface area contributed by atoms with Gasteiger partial charge >= 0.3 is 0 Å². The van der Waals surface area contributed by atoms with Crippen LogP contribution in [0.3, 0.4) is 0 Å². The van der Waals surface area contributed by atoms with E-state index in [9.17, 15) is 0 Å². The van der Waals surface area contributed by atoms with Gasteiger partial charge in [-0.2, -0.15) is 0 Å². The first-order valence-corrected chi connectivity index (χ1v) is 7.74. The van der Waals surface area contributed by atoms with Gasteiger partial charge in [0.05, 0.1) is 5.39 Å². The standard InChI is InChI=1S/C13H18ClN3S/c1-3-10(4-2)17(7-6-14)12-11-5-8-18-13(11)16-9-15-12/h5,8-10H,3-4,6-7H2,1-2H3. The fourth-order valence-electron chi connectivity index (χ4n) is 2.29. The number of alkyl halides is 1. The summed E-state index contributed by atoms with van der Waals surface area (Å²) in [5.74, 6) is 1.64. The van der Waals surface area contributed by atoms with Crippen LogP contribution in [0.15, 0.2) is 17.8 Å². The Kier molecular flexibility index (Phi) is 4.78. The first-order chi connectivity index (χ1) is 8.81. The third-order valence-corrected chi connectivity index (χ3v) is 4.21. The maximum atomic E-state index is 5.95. The van der Waals surface area contributed by atoms with Crippen LogP contribution in [0.1, 0.15) is 26.7 Å². The summed E-state index contributed by atoms with van der Waals surface area (Å²) in [5, 5.41) is 3.20. The van der Waals surface area contributed by atoms with Gasteiger partial charge in [-0.15, -0.1) is 22.9 Å². The molecular formula is C13H18ClN3S. The predicted octanol–water partition coefficient (Wildman–Crippen LogP) is 3.93. The third-order valence-electron chi connectivity index (χ3n) is 3.22. The van der Waals surface area contributed by atoms with Gasteiger partial charge in [-0.3, -0.25) is 0 Å². The molecule has 5 heteroatoms. The zero-order valence-electron chi connectivity index (χ0n) is 10.8. The van der Waals surface area contributed by atoms with E-state index in [4.69, 9.17) is 11.6 Å². The molecule has 3 nitrogen and oxygen atoms in total. The highest BCUT2D eigenvalue weighted by molar-refractivity contribution is 7.16. The Morgan fingerprint density at radius 1 is 1.33 bits per heavy atom. The minimum atomic E-state index is 0.488. The van der Waals surface area contributed by atoms with E-state index in [1.54, 1.807) is 17.7 Å². The highest BCUT2D eigenvalue weighted by Crippen LogP contribution is 2.29. The summed E-state index contributed by atoms with van der Waals surface area (Å²) in [7, 11) is 0. The maximum absolute atomic E-state index is 5.95. The van der Waals surface area contributed by atoms with E-state index in [2.05, 4.69) is 40.2 Å². The Bertz CT molecular complexity index is 496. The van der Waals surface area contributed by atoms with Crippen molar-refractivity contribution in [3.63, 3.8) is 0 Å². The number of rotatable bonds is 6. The number of aromatic nitrogens is 2. The zero-order chi connectivity index (χ0) is 13.0. The van der Waals surface area contributed by atoms with E-state index in [-0.39, 0.29) is 0 Å². The lowest BCUT2D eigenvalue weighted by Gasteiger charge is -2.31. The molecule has 0 saturated heterocycles. The minimum absolute atomic E-state index is 0.488. The van der Waals surface area contributed by atoms with Crippen LogP contribution in [-0.4, -0.2) is 28.4 Å². The quantitative estimate of drug-likeness (QED) is 0.752. The highest BCUT2D eigenvalue weighted by atomic mass is 35.5. The Labute approximate surface area is 117 Å². The van der Waals surface area contributed by atoms with Crippen molar-refractivity contribution in [2.24, 2.45) is 0 Å². The van der Waals surface area contributed by atoms with Gasteiger partial charge in [-0.25, -0.2) is 9.97 Å². The highest BCUT2D eigenvalue weighted by Gasteiger charge is 2.19. The molecule has 0 atom stereocenters. The lowest BCUT2D eigenvalue weighted by molar-refractivity contribution is 0.564. The molecule has 18 heavy (non-hydrogen) atoms. The van der Waals surface area contributed by atoms with Crippen LogP contribution in [0, 0.1) is 0 Å². The Morgan fingerprint density at radius 3 is 2.78 bits per heavy atom. The van der Waals surface area contributed by atoms with Gasteiger partial charge in [-0.05, 0) is 24.3 Å². The second-order valence-corrected chi connectivity index (χ2v) is 5.46. The van der Waals surface area contributed by atoms with E-state index in [1.807, 2.05) is 0 Å². The van der Waals surface area contributed by atoms with E-state index < -0.39 is 0 Å². The second kappa shape index (κ2) is 6.34. The van der Waals surface area contributed by atoms with Gasteiger partial charge in [0, 0.05) is 18.5 Å². The molecule has 0 aliphatic heterocycles. The molecule has 0 fully saturated rings. The van der Waals surface area contributed by atoms with E-state index in [0.717, 1.165) is 35.4 Å². The van der Waals surface area contributed by atoms with Gasteiger partial charge < -0.3 is 4.90 Å². The summed E-state index contributed by atoms with van der Waals surface area (Å²) >= 11 is 7.60. The first-order valence-electron chi connectivity index (χ1n) is 6.32. The van der Waals surface area contributed by atoms with Gasteiger partial charge in [0.2, 0.25) is 0 Å². The molecule has 0 aliphatic rings. The molecule has 0 amide bonds. The van der Waals surface area contributed by atoms with Gasteiger partial charge in [0.1, 0.15) is 17.0 Å². The van der Waals surface area contributed by atoms with Crippen LogP contribution < -0.4 is 4.90 Å². The first kappa shape index (κ1) is 13.6. The van der Waals surface area contributed by atoms with Crippen LogP contribution in [0.5, 0.6) is 0 Å². The van der Waals surface area contributed by atoms with Crippen molar-refractivity contribution >= 4 is 39.0 Å². The fourth-order valence-corrected chi connectivity index (χ4v) is 3.20. The minimum Gasteiger partial charge on any atom is -0.352 e. The fraction of sp³-hybridized carbons (Fsp3) is 0.538. The largest absolute Gasteiger partial charge is 0.352 e. The van der Waals surface area contributed by atoms with Crippen LogP contribution in [-0.2, 0) is 0 Å². The molecule has 0 aliphatic carbocycles. The van der Waals surface area contributed by atoms with Crippen LogP contribution in [0.2, 0.25) is 0 Å². The van der Waals surface area contributed by atoms with Crippen LogP contribution >= 0.6 is 22.9 Å². The molecular weight excluding hydrogens is 266 g/mol. The monoisotopic (exact) mass is 283 g/mol. The lowest BCUT2D eigenvalue weighted by Crippen LogP contribution is -2.36. The number of nitrogens with zero attached hydrogens (tertiary/aromatic N) is 3. The number of halogens is 1. The lowest BCUT2D eigenvalue weighted by atomic mass is 10.1. The molecule has 0 spiro atoms. The SMILES string of the molecule is CCC(CC)N(CCCl)c1ncnc2sccc12. The molecule has 0 saturated carbocycles. The summed E-state index contributed by atoms with van der Waals surface area (Å²) in [6.45, 7) is 5.25. The molecule has 0 unspecified atom stereocenters. The maximum Gasteiger partial charge on any atom is 0.141 e. The topological polar surface area (TPSA) is 29.0 Å². The van der Waals surface area contributed by atoms with Gasteiger partial charge in [0.25, 0.3) is 0 Å². The molecule has 0 N–H and O–H groups in total. The molecule has 0 bridgehead atoms. The number of fused-ring (bicyclic) bond motifs is 1. The summed E-state index contributed by atoms with van der Waals surface area (Å²) in [6, 6.07) is 2.58. The average Bonchev–Trinajstić information content (AvgIpc) is 2.87. The van der Waals surface area contributed by atoms with Gasteiger partial charge in [0.15, 0.2) is 0 Å². The summed E-state index contributed by atoms with van der Waals surface area (Å²) in [5.41, 5.74) is 0. The Balaban J connectivity index is 2.43. The Hall–Kier alpha value is -0.870. The van der Waals surface area contributed by atoms with Crippen molar-refractivity contribution in [3.8, 4) is 0 Å².